The first-order valence-electron chi connectivity index (χ1n) is 7.78. The Kier molecular flexibility index (Phi) is 5.69. The van der Waals surface area contributed by atoms with Gasteiger partial charge < -0.3 is 27.4 Å². The zero-order valence-corrected chi connectivity index (χ0v) is 13.9. The summed E-state index contributed by atoms with van der Waals surface area (Å²) in [5.74, 6) is 0.197. The maximum Gasteiger partial charge on any atom is 0.271 e. The summed E-state index contributed by atoms with van der Waals surface area (Å²) in [7, 11) is 1.61. The van der Waals surface area contributed by atoms with Crippen LogP contribution >= 0.6 is 0 Å². The molecule has 2 atom stereocenters. The molecule has 1 aromatic heterocycles. The van der Waals surface area contributed by atoms with Gasteiger partial charge in [-0.3, -0.25) is 9.79 Å². The Morgan fingerprint density at radius 2 is 2.29 bits per heavy atom. The topological polar surface area (TPSA) is 149 Å². The molecule has 1 aliphatic heterocycles. The lowest BCUT2D eigenvalue weighted by Crippen LogP contribution is -2.50. The van der Waals surface area contributed by atoms with Crippen LogP contribution in [0.2, 0.25) is 0 Å². The number of aromatic nitrogens is 2. The molecule has 2 heterocycles. The van der Waals surface area contributed by atoms with Crippen LogP contribution in [0.25, 0.3) is 0 Å². The summed E-state index contributed by atoms with van der Waals surface area (Å²) in [6.07, 6.45) is 6.33. The van der Waals surface area contributed by atoms with Crippen LogP contribution in [0.3, 0.4) is 0 Å². The van der Waals surface area contributed by atoms with Gasteiger partial charge in [-0.15, -0.1) is 0 Å². The van der Waals surface area contributed by atoms with Crippen molar-refractivity contribution in [2.75, 3.05) is 23.8 Å². The number of primary amides is 1. The number of carbonyl (C=O) groups excluding carboxylic acids is 1. The fraction of sp³-hybridized carbons (Fsp3) is 0.467. The van der Waals surface area contributed by atoms with Gasteiger partial charge in [-0.05, 0) is 19.8 Å². The molecule has 9 heteroatoms. The largest absolute Gasteiger partial charge is 0.403 e. The highest BCUT2D eigenvalue weighted by molar-refractivity contribution is 5.97. The third-order valence-electron chi connectivity index (χ3n) is 4.05. The summed E-state index contributed by atoms with van der Waals surface area (Å²) >= 11 is 0. The molecule has 9 nitrogen and oxygen atoms in total. The molecule has 0 bridgehead atoms. The molecule has 1 fully saturated rings. The van der Waals surface area contributed by atoms with Gasteiger partial charge in [0.25, 0.3) is 5.91 Å². The van der Waals surface area contributed by atoms with Gasteiger partial charge in [0.15, 0.2) is 11.5 Å². The number of hydrogen-bond acceptors (Lipinski definition) is 8. The summed E-state index contributed by atoms with van der Waals surface area (Å²) in [5.41, 5.74) is 17.6. The van der Waals surface area contributed by atoms with Gasteiger partial charge in [0.2, 0.25) is 0 Å². The molecule has 0 spiro atoms. The van der Waals surface area contributed by atoms with E-state index in [0.717, 1.165) is 19.4 Å². The number of hydrogen-bond donors (Lipinski definition) is 4. The molecule has 1 aromatic rings. The molecule has 130 valence electrons. The highest BCUT2D eigenvalue weighted by Gasteiger charge is 2.27. The van der Waals surface area contributed by atoms with E-state index in [9.17, 15) is 4.79 Å². The minimum absolute atomic E-state index is 0.0385. The average molecular weight is 332 g/mol. The fourth-order valence-electron chi connectivity index (χ4n) is 2.67. The van der Waals surface area contributed by atoms with Crippen LogP contribution in [0, 0.1) is 0 Å². The summed E-state index contributed by atoms with van der Waals surface area (Å²) in [6, 6.07) is 0.196. The van der Waals surface area contributed by atoms with Gasteiger partial charge >= 0.3 is 0 Å². The number of nitrogens with two attached hydrogens (primary N) is 3. The quantitative estimate of drug-likeness (QED) is 0.546. The normalized spacial score (nSPS) is 22.0. The van der Waals surface area contributed by atoms with E-state index < -0.39 is 5.91 Å². The second-order valence-corrected chi connectivity index (χ2v) is 5.66. The van der Waals surface area contributed by atoms with Crippen LogP contribution in [0.1, 0.15) is 30.3 Å². The van der Waals surface area contributed by atoms with Crippen molar-refractivity contribution in [3.63, 3.8) is 0 Å². The van der Waals surface area contributed by atoms with Crippen LogP contribution in [0.15, 0.2) is 23.1 Å². The van der Waals surface area contributed by atoms with Crippen molar-refractivity contribution in [2.24, 2.45) is 22.2 Å². The molecule has 7 N–H and O–H groups in total. The average Bonchev–Trinajstić information content (AvgIpc) is 2.56. The third-order valence-corrected chi connectivity index (χ3v) is 4.05. The second kappa shape index (κ2) is 7.73. The van der Waals surface area contributed by atoms with Crippen molar-refractivity contribution in [2.45, 2.75) is 31.8 Å². The molecule has 24 heavy (non-hydrogen) atoms. The highest BCUT2D eigenvalue weighted by Crippen LogP contribution is 2.24. The number of nitrogens with one attached hydrogen (secondary N) is 1. The van der Waals surface area contributed by atoms with Gasteiger partial charge in [-0.1, -0.05) is 0 Å². The van der Waals surface area contributed by atoms with Gasteiger partial charge in [0, 0.05) is 38.1 Å². The summed E-state index contributed by atoms with van der Waals surface area (Å²) in [6.45, 7) is 2.88. The Morgan fingerprint density at radius 3 is 2.92 bits per heavy atom. The lowest BCUT2D eigenvalue weighted by atomic mass is 9.98. The molecule has 0 aliphatic carbocycles. The first kappa shape index (κ1) is 17.7. The van der Waals surface area contributed by atoms with Crippen molar-refractivity contribution in [3.8, 4) is 0 Å². The van der Waals surface area contributed by atoms with Crippen molar-refractivity contribution in [1.82, 2.24) is 9.97 Å². The van der Waals surface area contributed by atoms with Gasteiger partial charge in [-0.25, -0.2) is 9.97 Å². The number of piperidine rings is 1. The number of rotatable bonds is 5. The lowest BCUT2D eigenvalue weighted by Gasteiger charge is -2.38. The second-order valence-electron chi connectivity index (χ2n) is 5.66. The highest BCUT2D eigenvalue weighted by atomic mass is 16.1. The van der Waals surface area contributed by atoms with E-state index in [1.54, 1.807) is 13.2 Å². The molecular weight excluding hydrogens is 308 g/mol. The Balaban J connectivity index is 2.38. The van der Waals surface area contributed by atoms with E-state index in [4.69, 9.17) is 17.2 Å². The van der Waals surface area contributed by atoms with Crippen LogP contribution < -0.4 is 27.4 Å². The van der Waals surface area contributed by atoms with E-state index in [1.807, 2.05) is 0 Å². The monoisotopic (exact) mass is 332 g/mol. The van der Waals surface area contributed by atoms with Crippen molar-refractivity contribution >= 4 is 23.8 Å². The molecular formula is C15H24N8O. The predicted molar refractivity (Wildman–Crippen MR) is 94.9 cm³/mol. The number of nitrogens with zero attached hydrogens (tertiary/aromatic N) is 4. The number of carbonyl (C=O) groups is 1. The fourth-order valence-corrected chi connectivity index (χ4v) is 2.67. The Labute approximate surface area is 141 Å². The van der Waals surface area contributed by atoms with Crippen molar-refractivity contribution in [1.29, 1.82) is 0 Å². The Hall–Kier alpha value is -2.68. The first-order chi connectivity index (χ1) is 11.5. The Morgan fingerprint density at radius 1 is 1.54 bits per heavy atom. The van der Waals surface area contributed by atoms with E-state index >= 15 is 0 Å². The summed E-state index contributed by atoms with van der Waals surface area (Å²) < 4.78 is 0. The van der Waals surface area contributed by atoms with Crippen LogP contribution in [0.5, 0.6) is 0 Å². The predicted octanol–water partition coefficient (Wildman–Crippen LogP) is -0.196. The zero-order valence-electron chi connectivity index (χ0n) is 13.9. The lowest BCUT2D eigenvalue weighted by molar-refractivity contribution is 0.0996. The van der Waals surface area contributed by atoms with Crippen molar-refractivity contribution in [3.05, 3.63) is 23.8 Å². The third kappa shape index (κ3) is 3.80. The van der Waals surface area contributed by atoms with Gasteiger partial charge in [0.05, 0.1) is 11.9 Å². The number of allylic oxidation sites excluding steroid dienone is 1. The van der Waals surface area contributed by atoms with Crippen LogP contribution in [-0.2, 0) is 0 Å². The minimum Gasteiger partial charge on any atom is -0.403 e. The first-order valence-corrected chi connectivity index (χ1v) is 7.78. The summed E-state index contributed by atoms with van der Waals surface area (Å²) in [5, 5.41) is 2.94. The smallest absolute Gasteiger partial charge is 0.271 e. The van der Waals surface area contributed by atoms with Crippen LogP contribution in [-0.4, -0.2) is 47.8 Å². The molecule has 2 rings (SSSR count). The molecule has 1 saturated heterocycles. The molecule has 0 radical (unpaired) electrons. The maximum absolute atomic E-state index is 11.6. The molecule has 0 unspecified atom stereocenters. The zero-order chi connectivity index (χ0) is 17.7. The maximum atomic E-state index is 11.6. The van der Waals surface area contributed by atoms with Crippen molar-refractivity contribution < 1.29 is 4.79 Å². The van der Waals surface area contributed by atoms with Gasteiger partial charge in [0.1, 0.15) is 5.82 Å². The Bertz CT molecular complexity index is 657. The molecule has 1 amide bonds. The molecule has 0 saturated carbocycles. The van der Waals surface area contributed by atoms with Gasteiger partial charge in [-0.2, -0.15) is 0 Å². The number of amides is 1. The summed E-state index contributed by atoms with van der Waals surface area (Å²) in [4.78, 5) is 26.3. The van der Waals surface area contributed by atoms with Crippen LogP contribution in [0.4, 0.5) is 11.6 Å². The number of aliphatic imine (C=N–C) groups is 1. The standard InChI is InChI=1S/C15H24N8O/c1-9-11(17)4-3-5-23(9)12-8-20-13(14(18)24)15(22-12)21-10(6-16)7-19-2/h6-9,11H,3-5,16-17H2,1-2H3,(H2,18,24)(H,21,22)/t9-,11-/m1/s1. The van der Waals surface area contributed by atoms with E-state index in [0.29, 0.717) is 11.5 Å². The van der Waals surface area contributed by atoms with E-state index in [2.05, 4.69) is 32.1 Å². The van der Waals surface area contributed by atoms with E-state index in [-0.39, 0.29) is 23.6 Å². The molecule has 1 aliphatic rings. The molecule has 0 aromatic carbocycles. The number of anilines is 2. The van der Waals surface area contributed by atoms with E-state index in [1.165, 1.54) is 12.4 Å². The minimum atomic E-state index is -0.676. The SMILES string of the molecule is CN=CC(=CN)Nc1nc(N2CCC[C@@H](N)[C@H]2C)cnc1C(N)=O.